The van der Waals surface area contributed by atoms with Crippen LogP contribution in [-0.2, 0) is 16.1 Å². The van der Waals surface area contributed by atoms with E-state index in [1.165, 1.54) is 10.8 Å². The first kappa shape index (κ1) is 24.2. The minimum atomic E-state index is -0.752. The van der Waals surface area contributed by atoms with Crippen molar-refractivity contribution in [3.05, 3.63) is 49.4 Å². The highest BCUT2D eigenvalue weighted by Crippen LogP contribution is 2.14. The Kier molecular flexibility index (Phi) is 8.03. The van der Waals surface area contributed by atoms with Crippen molar-refractivity contribution in [2.24, 2.45) is 0 Å². The maximum atomic E-state index is 12.8. The average molecular weight is 470 g/mol. The molecule has 2 aromatic rings. The van der Waals surface area contributed by atoms with E-state index < -0.39 is 5.97 Å². The minimum Gasteiger partial charge on any atom is -0.462 e. The Morgan fingerprint density at radius 3 is 2.61 bits per heavy atom. The molecule has 1 amide bonds. The highest BCUT2D eigenvalue weighted by molar-refractivity contribution is 7.07. The number of nitrogens with zero attached hydrogens (tertiary/aromatic N) is 4. The number of nitrogens with one attached hydrogen (secondary N) is 1. The lowest BCUT2D eigenvalue weighted by molar-refractivity contribution is -0.136. The molecule has 1 N–H and O–H groups in total. The van der Waals surface area contributed by atoms with Gasteiger partial charge in [0.2, 0.25) is 0 Å². The fourth-order valence-corrected chi connectivity index (χ4v) is 4.54. The number of likely N-dealkylation sites (N-methyl/N-ethyl adjacent to an activating group) is 1. The molecular weight excluding hydrogens is 442 g/mol. The molecule has 0 aliphatic carbocycles. The quantitative estimate of drug-likeness (QED) is 0.611. The molecule has 0 unspecified atom stereocenters. The van der Waals surface area contributed by atoms with Crippen molar-refractivity contribution in [1.82, 2.24) is 14.4 Å². The number of anilines is 1. The molecule has 1 saturated heterocycles. The maximum absolute atomic E-state index is 12.8. The zero-order valence-electron chi connectivity index (χ0n) is 19.0. The van der Waals surface area contributed by atoms with Gasteiger partial charge in [0, 0.05) is 50.2 Å². The third-order valence-electron chi connectivity index (χ3n) is 5.30. The lowest BCUT2D eigenvalue weighted by Gasteiger charge is -2.32. The van der Waals surface area contributed by atoms with Gasteiger partial charge in [-0.1, -0.05) is 6.07 Å². The summed E-state index contributed by atoms with van der Waals surface area (Å²) in [5.74, 6) is -0.778. The smallest absolute Gasteiger partial charge is 0.351 e. The molecule has 1 fully saturated rings. The lowest BCUT2D eigenvalue weighted by Crippen LogP contribution is -2.47. The Morgan fingerprint density at radius 2 is 1.97 bits per heavy atom. The van der Waals surface area contributed by atoms with Crippen LogP contribution in [0.2, 0.25) is 0 Å². The molecule has 0 bridgehead atoms. The number of carbonyl (C=O) groups excluding carboxylic acids is 2. The fourth-order valence-electron chi connectivity index (χ4n) is 3.46. The highest BCUT2D eigenvalue weighted by atomic mass is 32.1. The fraction of sp³-hybridized carbons (Fsp3) is 0.391. The molecule has 2 heterocycles. The molecular formula is C23H27N5O4S. The van der Waals surface area contributed by atoms with Crippen LogP contribution in [0.25, 0.3) is 11.8 Å². The number of piperazine rings is 1. The molecule has 3 rings (SSSR count). The van der Waals surface area contributed by atoms with Crippen LogP contribution in [0, 0.1) is 11.3 Å². The van der Waals surface area contributed by atoms with Crippen LogP contribution in [0.1, 0.15) is 24.2 Å². The summed E-state index contributed by atoms with van der Waals surface area (Å²) in [5, 5.41) is 12.5. The third kappa shape index (κ3) is 5.50. The number of thiazole rings is 1. The predicted octanol–water partition coefficient (Wildman–Crippen LogP) is 0.405. The van der Waals surface area contributed by atoms with Crippen LogP contribution >= 0.6 is 11.3 Å². The van der Waals surface area contributed by atoms with Gasteiger partial charge in [-0.2, -0.15) is 5.26 Å². The van der Waals surface area contributed by atoms with E-state index in [1.54, 1.807) is 38.1 Å². The molecule has 0 radical (unpaired) electrons. The number of hydrogen-bond donors (Lipinski definition) is 1. The summed E-state index contributed by atoms with van der Waals surface area (Å²) in [6.07, 6.45) is 1.53. The van der Waals surface area contributed by atoms with Crippen LogP contribution in [-0.4, -0.2) is 66.1 Å². The summed E-state index contributed by atoms with van der Waals surface area (Å²) in [5.41, 5.74) is 0.715. The standard InChI is InChI=1S/C23H27N5O4S/c1-4-28-21(30)19(33-22(28)18(14-24)23(31)32-5-2)15-25-17-8-6-7-16(13-17)20(29)27-11-9-26(3)10-12-27/h6-8,13,15,25H,4-5,9-12H2,1-3H3/b19-15+,22-18+. The van der Waals surface area contributed by atoms with Crippen molar-refractivity contribution in [3.8, 4) is 6.07 Å². The molecule has 0 atom stereocenters. The van der Waals surface area contributed by atoms with Gasteiger partial charge in [-0.15, -0.1) is 11.3 Å². The van der Waals surface area contributed by atoms with Crippen LogP contribution in [0.5, 0.6) is 0 Å². The molecule has 1 aromatic heterocycles. The van der Waals surface area contributed by atoms with E-state index in [9.17, 15) is 19.6 Å². The van der Waals surface area contributed by atoms with Crippen LogP contribution in [0.4, 0.5) is 5.69 Å². The Labute approximate surface area is 195 Å². The Balaban J connectivity index is 1.90. The number of carbonyl (C=O) groups is 2. The molecule has 33 heavy (non-hydrogen) atoms. The molecule has 9 nitrogen and oxygen atoms in total. The van der Waals surface area contributed by atoms with E-state index >= 15 is 0 Å². The highest BCUT2D eigenvalue weighted by Gasteiger charge is 2.20. The second kappa shape index (κ2) is 10.9. The van der Waals surface area contributed by atoms with Crippen molar-refractivity contribution in [3.63, 3.8) is 0 Å². The first-order valence-electron chi connectivity index (χ1n) is 10.7. The van der Waals surface area contributed by atoms with Crippen molar-refractivity contribution >= 4 is 40.7 Å². The van der Waals surface area contributed by atoms with Crippen molar-refractivity contribution in [2.45, 2.75) is 20.4 Å². The average Bonchev–Trinajstić information content (AvgIpc) is 3.13. The number of esters is 1. The zero-order valence-corrected chi connectivity index (χ0v) is 19.8. The second-order valence-electron chi connectivity index (χ2n) is 7.49. The summed E-state index contributed by atoms with van der Waals surface area (Å²) in [7, 11) is 2.04. The number of ether oxygens (including phenoxy) is 1. The molecule has 0 spiro atoms. The van der Waals surface area contributed by atoms with E-state index in [0.29, 0.717) is 35.4 Å². The van der Waals surface area contributed by atoms with E-state index in [-0.39, 0.29) is 28.3 Å². The van der Waals surface area contributed by atoms with Gasteiger partial charge >= 0.3 is 5.97 Å². The zero-order chi connectivity index (χ0) is 24.0. The van der Waals surface area contributed by atoms with Crippen molar-refractivity contribution in [1.29, 1.82) is 5.26 Å². The summed E-state index contributed by atoms with van der Waals surface area (Å²) in [4.78, 5) is 41.8. The van der Waals surface area contributed by atoms with Gasteiger partial charge in [-0.25, -0.2) is 4.79 Å². The number of amides is 1. The van der Waals surface area contributed by atoms with Gasteiger partial charge in [0.1, 0.15) is 15.3 Å². The van der Waals surface area contributed by atoms with Gasteiger partial charge < -0.3 is 19.9 Å². The van der Waals surface area contributed by atoms with Crippen molar-refractivity contribution < 1.29 is 14.3 Å². The van der Waals surface area contributed by atoms with Gasteiger partial charge in [-0.05, 0) is 39.1 Å². The van der Waals surface area contributed by atoms with Crippen LogP contribution in [0.3, 0.4) is 0 Å². The lowest BCUT2D eigenvalue weighted by atomic mass is 10.1. The SMILES string of the molecule is CCOC(=O)/C(C#N)=c1/s/c(=C/Nc2cccc(C(=O)N3CCN(C)CC3)c2)c(=O)n1CC. The molecule has 10 heteroatoms. The molecule has 1 aliphatic heterocycles. The van der Waals surface area contributed by atoms with E-state index in [1.807, 2.05) is 18.0 Å². The summed E-state index contributed by atoms with van der Waals surface area (Å²) < 4.78 is 6.92. The second-order valence-corrected chi connectivity index (χ2v) is 8.52. The van der Waals surface area contributed by atoms with Gasteiger partial charge in [-0.3, -0.25) is 14.2 Å². The maximum Gasteiger partial charge on any atom is 0.351 e. The number of hydrogen-bond acceptors (Lipinski definition) is 8. The van der Waals surface area contributed by atoms with Gasteiger partial charge in [0.25, 0.3) is 11.5 Å². The minimum absolute atomic E-state index is 0.0267. The molecule has 174 valence electrons. The Hall–Kier alpha value is -3.42. The summed E-state index contributed by atoms with van der Waals surface area (Å²) in [6, 6.07) is 8.96. The normalized spacial score (nSPS) is 15.7. The van der Waals surface area contributed by atoms with E-state index in [4.69, 9.17) is 4.74 Å². The monoisotopic (exact) mass is 469 g/mol. The number of nitriles is 1. The van der Waals surface area contributed by atoms with E-state index in [0.717, 1.165) is 24.4 Å². The van der Waals surface area contributed by atoms with Gasteiger partial charge in [0.15, 0.2) is 5.57 Å². The third-order valence-corrected chi connectivity index (χ3v) is 6.43. The van der Waals surface area contributed by atoms with Gasteiger partial charge in [0.05, 0.1) is 6.61 Å². The Morgan fingerprint density at radius 1 is 1.24 bits per heavy atom. The first-order chi connectivity index (χ1) is 15.9. The Bertz CT molecular complexity index is 1250. The van der Waals surface area contributed by atoms with Crippen LogP contribution < -0.4 is 20.1 Å². The van der Waals surface area contributed by atoms with Crippen LogP contribution in [0.15, 0.2) is 29.1 Å². The number of benzene rings is 1. The topological polar surface area (TPSA) is 108 Å². The number of aromatic nitrogens is 1. The first-order valence-corrected chi connectivity index (χ1v) is 11.6. The molecule has 0 saturated carbocycles. The van der Waals surface area contributed by atoms with E-state index in [2.05, 4.69) is 10.2 Å². The largest absolute Gasteiger partial charge is 0.462 e. The molecule has 1 aliphatic rings. The number of rotatable bonds is 6. The summed E-state index contributed by atoms with van der Waals surface area (Å²) in [6.45, 7) is 6.92. The van der Waals surface area contributed by atoms with Crippen molar-refractivity contribution in [2.75, 3.05) is 45.2 Å². The summed E-state index contributed by atoms with van der Waals surface area (Å²) >= 11 is 1.04. The predicted molar refractivity (Wildman–Crippen MR) is 127 cm³/mol. The molecule has 1 aromatic carbocycles.